The third-order valence-electron chi connectivity index (χ3n) is 3.61. The number of carbonyl (C=O) groups excluding carboxylic acids is 1. The van der Waals surface area contributed by atoms with Crippen LogP contribution in [0.4, 0.5) is 0 Å². The lowest BCUT2D eigenvalue weighted by atomic mass is 10.4. The molecule has 2 rings (SSSR count). The summed E-state index contributed by atoms with van der Waals surface area (Å²) in [6.07, 6.45) is 2.42. The Bertz CT molecular complexity index is 696. The zero-order chi connectivity index (χ0) is 18.1. The fourth-order valence-electron chi connectivity index (χ4n) is 2.41. The Hall–Kier alpha value is -2.04. The van der Waals surface area contributed by atoms with E-state index in [0.29, 0.717) is 24.8 Å². The lowest BCUT2D eigenvalue weighted by molar-refractivity contribution is 0.0926. The van der Waals surface area contributed by atoms with Crippen molar-refractivity contribution in [1.82, 2.24) is 25.7 Å². The van der Waals surface area contributed by atoms with Crippen molar-refractivity contribution in [2.24, 2.45) is 4.99 Å². The molecule has 2 aromatic heterocycles. The third-order valence-corrected chi connectivity index (χ3v) is 3.61. The van der Waals surface area contributed by atoms with Crippen molar-refractivity contribution >= 4 is 35.8 Å². The summed E-state index contributed by atoms with van der Waals surface area (Å²) >= 11 is 0. The minimum absolute atomic E-state index is 0. The molecule has 1 amide bonds. The molecule has 0 aliphatic rings. The quantitative estimate of drug-likeness (QED) is 0.234. The van der Waals surface area contributed by atoms with Crippen LogP contribution in [-0.4, -0.2) is 48.3 Å². The molecular formula is C17H27IN6O2. The van der Waals surface area contributed by atoms with Crippen molar-refractivity contribution < 1.29 is 9.21 Å². The molecular weight excluding hydrogens is 447 g/mol. The van der Waals surface area contributed by atoms with E-state index in [0.717, 1.165) is 25.2 Å². The first kappa shape index (κ1) is 22.0. The Morgan fingerprint density at radius 3 is 2.58 bits per heavy atom. The van der Waals surface area contributed by atoms with Crippen molar-refractivity contribution in [3.05, 3.63) is 41.6 Å². The number of nitrogens with zero attached hydrogens (tertiary/aromatic N) is 3. The molecule has 0 aliphatic carbocycles. The largest absolute Gasteiger partial charge is 0.459 e. The van der Waals surface area contributed by atoms with Gasteiger partial charge in [-0.05, 0) is 38.5 Å². The lowest BCUT2D eigenvalue weighted by Crippen LogP contribution is -2.41. The summed E-state index contributed by atoms with van der Waals surface area (Å²) in [5.74, 6) is 0.798. The standard InChI is InChI=1S/C17H26N6O2.HI/c1-13-12-14(2)23(22-13)10-5-7-20-17(18-3)21-9-8-19-16(24)15-6-4-11-25-15;/h4,6,11-12H,5,7-10H2,1-3H3,(H,19,24)(H2,18,20,21);1H. The van der Waals surface area contributed by atoms with Crippen molar-refractivity contribution in [1.29, 1.82) is 0 Å². The van der Waals surface area contributed by atoms with Crippen LogP contribution in [0.15, 0.2) is 33.9 Å². The van der Waals surface area contributed by atoms with Gasteiger partial charge in [0.2, 0.25) is 0 Å². The number of aryl methyl sites for hydroxylation is 3. The highest BCUT2D eigenvalue weighted by molar-refractivity contribution is 14.0. The first-order valence-corrected chi connectivity index (χ1v) is 8.37. The predicted molar refractivity (Wildman–Crippen MR) is 112 cm³/mol. The Kier molecular flexibility index (Phi) is 9.78. The van der Waals surface area contributed by atoms with Crippen LogP contribution in [0.25, 0.3) is 0 Å². The fraction of sp³-hybridized carbons (Fsp3) is 0.471. The van der Waals surface area contributed by atoms with Crippen LogP contribution in [0.2, 0.25) is 0 Å². The molecule has 8 nitrogen and oxygen atoms in total. The van der Waals surface area contributed by atoms with Gasteiger partial charge in [0.15, 0.2) is 11.7 Å². The molecule has 0 bridgehead atoms. The van der Waals surface area contributed by atoms with Gasteiger partial charge >= 0.3 is 0 Å². The minimum atomic E-state index is -0.223. The molecule has 0 fully saturated rings. The Morgan fingerprint density at radius 1 is 1.23 bits per heavy atom. The number of hydrogen-bond acceptors (Lipinski definition) is 4. The SMILES string of the molecule is CN=C(NCCCn1nc(C)cc1C)NCCNC(=O)c1ccco1.I. The maximum atomic E-state index is 11.7. The second kappa shape index (κ2) is 11.6. The average molecular weight is 474 g/mol. The Morgan fingerprint density at radius 2 is 1.96 bits per heavy atom. The summed E-state index contributed by atoms with van der Waals surface area (Å²) in [5, 5.41) is 13.6. The van der Waals surface area contributed by atoms with E-state index in [1.807, 2.05) is 11.6 Å². The summed E-state index contributed by atoms with van der Waals surface area (Å²) in [6, 6.07) is 5.39. The van der Waals surface area contributed by atoms with Crippen LogP contribution in [0.1, 0.15) is 28.4 Å². The van der Waals surface area contributed by atoms with Gasteiger partial charge in [0.25, 0.3) is 5.91 Å². The van der Waals surface area contributed by atoms with E-state index in [9.17, 15) is 4.79 Å². The van der Waals surface area contributed by atoms with E-state index in [2.05, 4.69) is 39.0 Å². The Labute approximate surface area is 170 Å². The molecule has 2 heterocycles. The molecule has 9 heteroatoms. The molecule has 2 aromatic rings. The highest BCUT2D eigenvalue weighted by Gasteiger charge is 2.07. The average Bonchev–Trinajstić information content (AvgIpc) is 3.23. The minimum Gasteiger partial charge on any atom is -0.459 e. The third kappa shape index (κ3) is 7.06. The van der Waals surface area contributed by atoms with Gasteiger partial charge in [0.1, 0.15) is 0 Å². The number of guanidine groups is 1. The molecule has 0 aromatic carbocycles. The van der Waals surface area contributed by atoms with Gasteiger partial charge in [0.05, 0.1) is 12.0 Å². The normalized spacial score (nSPS) is 11.0. The summed E-state index contributed by atoms with van der Waals surface area (Å²) < 4.78 is 7.04. The van der Waals surface area contributed by atoms with E-state index >= 15 is 0 Å². The molecule has 0 saturated carbocycles. The van der Waals surface area contributed by atoms with E-state index in [4.69, 9.17) is 4.42 Å². The van der Waals surface area contributed by atoms with Gasteiger partial charge < -0.3 is 20.4 Å². The molecule has 144 valence electrons. The van der Waals surface area contributed by atoms with E-state index in [-0.39, 0.29) is 29.9 Å². The monoisotopic (exact) mass is 474 g/mol. The summed E-state index contributed by atoms with van der Waals surface area (Å²) in [4.78, 5) is 15.9. The van der Waals surface area contributed by atoms with Gasteiger partial charge in [-0.15, -0.1) is 24.0 Å². The number of halogens is 1. The van der Waals surface area contributed by atoms with E-state index < -0.39 is 0 Å². The fourth-order valence-corrected chi connectivity index (χ4v) is 2.41. The highest BCUT2D eigenvalue weighted by atomic mass is 127. The van der Waals surface area contributed by atoms with Crippen LogP contribution in [0.5, 0.6) is 0 Å². The van der Waals surface area contributed by atoms with Crippen LogP contribution in [0, 0.1) is 13.8 Å². The first-order valence-electron chi connectivity index (χ1n) is 8.37. The number of rotatable bonds is 8. The van der Waals surface area contributed by atoms with Gasteiger partial charge in [-0.2, -0.15) is 5.10 Å². The maximum absolute atomic E-state index is 11.7. The van der Waals surface area contributed by atoms with E-state index in [1.165, 1.54) is 12.0 Å². The summed E-state index contributed by atoms with van der Waals surface area (Å²) in [6.45, 7) is 6.76. The van der Waals surface area contributed by atoms with Crippen LogP contribution in [-0.2, 0) is 6.54 Å². The number of carbonyl (C=O) groups is 1. The molecule has 26 heavy (non-hydrogen) atoms. The highest BCUT2D eigenvalue weighted by Crippen LogP contribution is 2.02. The van der Waals surface area contributed by atoms with Gasteiger partial charge in [-0.25, -0.2) is 0 Å². The Balaban J connectivity index is 0.00000338. The zero-order valence-corrected chi connectivity index (χ0v) is 17.7. The number of furan rings is 1. The summed E-state index contributed by atoms with van der Waals surface area (Å²) in [5.41, 5.74) is 2.21. The van der Waals surface area contributed by atoms with Gasteiger partial charge in [0, 0.05) is 38.9 Å². The second-order valence-corrected chi connectivity index (χ2v) is 5.66. The van der Waals surface area contributed by atoms with Crippen molar-refractivity contribution in [2.75, 3.05) is 26.7 Å². The first-order chi connectivity index (χ1) is 12.1. The summed E-state index contributed by atoms with van der Waals surface area (Å²) in [7, 11) is 1.72. The second-order valence-electron chi connectivity index (χ2n) is 5.66. The number of hydrogen-bond donors (Lipinski definition) is 3. The van der Waals surface area contributed by atoms with Crippen molar-refractivity contribution in [2.45, 2.75) is 26.8 Å². The molecule has 0 spiro atoms. The molecule has 0 atom stereocenters. The van der Waals surface area contributed by atoms with Crippen LogP contribution in [0.3, 0.4) is 0 Å². The molecule has 0 aliphatic heterocycles. The number of nitrogens with one attached hydrogen (secondary N) is 3. The van der Waals surface area contributed by atoms with E-state index in [1.54, 1.807) is 19.2 Å². The maximum Gasteiger partial charge on any atom is 0.287 e. The molecule has 3 N–H and O–H groups in total. The topological polar surface area (TPSA) is 96.5 Å². The number of amides is 1. The van der Waals surface area contributed by atoms with Crippen LogP contribution >= 0.6 is 24.0 Å². The molecule has 0 radical (unpaired) electrons. The molecule has 0 unspecified atom stereocenters. The lowest BCUT2D eigenvalue weighted by Gasteiger charge is -2.12. The van der Waals surface area contributed by atoms with Gasteiger partial charge in [-0.1, -0.05) is 0 Å². The number of aromatic nitrogens is 2. The molecule has 0 saturated heterocycles. The van der Waals surface area contributed by atoms with Crippen LogP contribution < -0.4 is 16.0 Å². The predicted octanol–water partition coefficient (Wildman–Crippen LogP) is 1.70. The van der Waals surface area contributed by atoms with Crippen molar-refractivity contribution in [3.8, 4) is 0 Å². The number of aliphatic imine (C=N–C) groups is 1. The van der Waals surface area contributed by atoms with Crippen molar-refractivity contribution in [3.63, 3.8) is 0 Å². The smallest absolute Gasteiger partial charge is 0.287 e. The zero-order valence-electron chi connectivity index (χ0n) is 15.4. The van der Waals surface area contributed by atoms with Gasteiger partial charge in [-0.3, -0.25) is 14.5 Å².